The van der Waals surface area contributed by atoms with Crippen LogP contribution in [0.25, 0.3) is 11.1 Å². The summed E-state index contributed by atoms with van der Waals surface area (Å²) in [5, 5.41) is 2.99. The molecule has 2 amide bonds. The Labute approximate surface area is 188 Å². The molecular weight excluding hydrogens is 400 g/mol. The highest BCUT2D eigenvalue weighted by molar-refractivity contribution is 5.99. The van der Waals surface area contributed by atoms with Crippen LogP contribution in [0.5, 0.6) is 0 Å². The van der Waals surface area contributed by atoms with Gasteiger partial charge in [-0.3, -0.25) is 9.59 Å². The monoisotopic (exact) mass is 428 g/mol. The van der Waals surface area contributed by atoms with E-state index < -0.39 is 5.41 Å². The molecule has 0 radical (unpaired) electrons. The number of hydrogen-bond acceptors (Lipinski definition) is 4. The number of rotatable bonds is 6. The minimum atomic E-state index is -0.683. The van der Waals surface area contributed by atoms with Gasteiger partial charge in [0.25, 0.3) is 5.91 Å². The van der Waals surface area contributed by atoms with E-state index in [2.05, 4.69) is 40.6 Å². The summed E-state index contributed by atoms with van der Waals surface area (Å²) in [5.41, 5.74) is 8.95. The summed E-state index contributed by atoms with van der Waals surface area (Å²) in [6.07, 6.45) is 2.72. The molecule has 1 saturated heterocycles. The first-order chi connectivity index (χ1) is 15.5. The Balaban J connectivity index is 1.61. The van der Waals surface area contributed by atoms with E-state index in [0.717, 1.165) is 16.7 Å². The lowest BCUT2D eigenvalue weighted by Gasteiger charge is -2.28. The van der Waals surface area contributed by atoms with E-state index in [9.17, 15) is 9.59 Å². The molecule has 6 heteroatoms. The van der Waals surface area contributed by atoms with Crippen LogP contribution in [0.4, 0.5) is 5.82 Å². The second kappa shape index (κ2) is 9.22. The fraction of sp³-hybridized carbons (Fsp3) is 0.269. The van der Waals surface area contributed by atoms with Crippen molar-refractivity contribution in [3.05, 3.63) is 84.1 Å². The number of nitrogens with two attached hydrogens (primary N) is 1. The Morgan fingerprint density at radius 2 is 1.84 bits per heavy atom. The Hall–Kier alpha value is -3.67. The van der Waals surface area contributed by atoms with E-state index in [-0.39, 0.29) is 17.6 Å². The molecule has 1 unspecified atom stereocenters. The van der Waals surface area contributed by atoms with Crippen LogP contribution in [0.15, 0.2) is 72.9 Å². The number of nitrogens with one attached hydrogen (secondary N) is 1. The van der Waals surface area contributed by atoms with Gasteiger partial charge in [-0.15, -0.1) is 0 Å². The molecule has 0 spiro atoms. The molecule has 1 aliphatic rings. The highest BCUT2D eigenvalue weighted by Crippen LogP contribution is 2.36. The van der Waals surface area contributed by atoms with Crippen molar-refractivity contribution in [3.63, 3.8) is 0 Å². The van der Waals surface area contributed by atoms with Gasteiger partial charge >= 0.3 is 0 Å². The fourth-order valence-electron chi connectivity index (χ4n) is 4.45. The van der Waals surface area contributed by atoms with Crippen LogP contribution in [0.3, 0.4) is 0 Å². The predicted molar refractivity (Wildman–Crippen MR) is 126 cm³/mol. The normalized spacial score (nSPS) is 17.8. The zero-order valence-electron chi connectivity index (χ0n) is 18.3. The van der Waals surface area contributed by atoms with Crippen LogP contribution in [0.2, 0.25) is 0 Å². The molecule has 0 saturated carbocycles. The predicted octanol–water partition coefficient (Wildman–Crippen LogP) is 3.54. The molecule has 3 N–H and O–H groups in total. The van der Waals surface area contributed by atoms with Crippen LogP contribution in [-0.4, -0.2) is 41.3 Å². The molecule has 3 aromatic rings. The van der Waals surface area contributed by atoms with Gasteiger partial charge in [0.15, 0.2) is 0 Å². The van der Waals surface area contributed by atoms with Gasteiger partial charge in [0.1, 0.15) is 5.82 Å². The molecular formula is C26H28N4O2. The maximum atomic E-state index is 13.2. The number of likely N-dealkylation sites (tertiary alicyclic amines) is 1. The number of hydrogen-bond donors (Lipinski definition) is 2. The van der Waals surface area contributed by atoms with Gasteiger partial charge in [-0.2, -0.15) is 0 Å². The van der Waals surface area contributed by atoms with Gasteiger partial charge in [0.2, 0.25) is 5.91 Å². The van der Waals surface area contributed by atoms with Crippen molar-refractivity contribution in [2.45, 2.75) is 19.8 Å². The number of nitrogens with zero attached hydrogens (tertiary/aromatic N) is 2. The number of anilines is 1. The van der Waals surface area contributed by atoms with Crippen molar-refractivity contribution in [2.24, 2.45) is 5.41 Å². The molecule has 1 aromatic heterocycles. The Kier molecular flexibility index (Phi) is 6.21. The van der Waals surface area contributed by atoms with Crippen LogP contribution in [0.1, 0.15) is 29.3 Å². The van der Waals surface area contributed by atoms with Crippen LogP contribution in [-0.2, 0) is 11.2 Å². The summed E-state index contributed by atoms with van der Waals surface area (Å²) in [7, 11) is 0. The summed E-state index contributed by atoms with van der Waals surface area (Å²) < 4.78 is 0. The molecule has 6 nitrogen and oxygen atoms in total. The van der Waals surface area contributed by atoms with Gasteiger partial charge in [-0.25, -0.2) is 4.98 Å². The van der Waals surface area contributed by atoms with E-state index in [1.807, 2.05) is 31.2 Å². The lowest BCUT2D eigenvalue weighted by atomic mass is 9.79. The van der Waals surface area contributed by atoms with Crippen molar-refractivity contribution in [1.82, 2.24) is 15.2 Å². The lowest BCUT2D eigenvalue weighted by Crippen LogP contribution is -2.45. The van der Waals surface area contributed by atoms with Gasteiger partial charge in [0, 0.05) is 25.8 Å². The minimum Gasteiger partial charge on any atom is -0.383 e. The van der Waals surface area contributed by atoms with E-state index in [4.69, 9.17) is 5.73 Å². The molecule has 1 aliphatic heterocycles. The topological polar surface area (TPSA) is 88.3 Å². The summed E-state index contributed by atoms with van der Waals surface area (Å²) in [5.74, 6) is 0.0166. The van der Waals surface area contributed by atoms with E-state index >= 15 is 0 Å². The van der Waals surface area contributed by atoms with Gasteiger partial charge in [-0.1, -0.05) is 54.6 Å². The summed E-state index contributed by atoms with van der Waals surface area (Å²) in [6.45, 7) is 3.31. The number of carbonyl (C=O) groups excluding carboxylic acids is 2. The third-order valence-electron chi connectivity index (χ3n) is 6.11. The number of carbonyl (C=O) groups is 2. The third kappa shape index (κ3) is 4.35. The first-order valence-electron chi connectivity index (χ1n) is 10.9. The highest BCUT2D eigenvalue weighted by Gasteiger charge is 2.46. The maximum absolute atomic E-state index is 13.2. The van der Waals surface area contributed by atoms with E-state index in [1.165, 1.54) is 0 Å². The largest absolute Gasteiger partial charge is 0.383 e. The fourth-order valence-corrected chi connectivity index (χ4v) is 4.45. The number of pyridine rings is 1. The van der Waals surface area contributed by atoms with Crippen LogP contribution >= 0.6 is 0 Å². The quantitative estimate of drug-likeness (QED) is 0.629. The standard InChI is InChI=1S/C26H28N4O2/c1-2-28-25(32)26(13-15-30(18-26)24(31)22-12-7-14-29-23(22)27)17-19-8-6-11-21(16-19)20-9-4-3-5-10-20/h3-12,14,16H,2,13,15,17-18H2,1H3,(H2,27,29)(H,28,32). The van der Waals surface area contributed by atoms with Crippen LogP contribution in [0, 0.1) is 5.41 Å². The lowest BCUT2D eigenvalue weighted by molar-refractivity contribution is -0.130. The maximum Gasteiger partial charge on any atom is 0.257 e. The molecule has 0 aliphatic carbocycles. The molecule has 164 valence electrons. The smallest absolute Gasteiger partial charge is 0.257 e. The number of amides is 2. The average molecular weight is 429 g/mol. The first kappa shape index (κ1) is 21.6. The Bertz CT molecular complexity index is 1120. The zero-order chi connectivity index (χ0) is 22.6. The molecule has 2 aromatic carbocycles. The van der Waals surface area contributed by atoms with Crippen molar-refractivity contribution >= 4 is 17.6 Å². The van der Waals surface area contributed by atoms with Crippen molar-refractivity contribution in [1.29, 1.82) is 0 Å². The van der Waals surface area contributed by atoms with Gasteiger partial charge < -0.3 is 16.0 Å². The van der Waals surface area contributed by atoms with Crippen molar-refractivity contribution in [3.8, 4) is 11.1 Å². The molecule has 1 atom stereocenters. The summed E-state index contributed by atoms with van der Waals surface area (Å²) in [4.78, 5) is 32.1. The summed E-state index contributed by atoms with van der Waals surface area (Å²) >= 11 is 0. The van der Waals surface area contributed by atoms with Gasteiger partial charge in [-0.05, 0) is 48.6 Å². The van der Waals surface area contributed by atoms with Crippen LogP contribution < -0.4 is 11.1 Å². The SMILES string of the molecule is CCNC(=O)C1(Cc2cccc(-c3ccccc3)c2)CCN(C(=O)c2cccnc2N)C1. The minimum absolute atomic E-state index is 0.0143. The zero-order valence-corrected chi connectivity index (χ0v) is 18.3. The second-order valence-corrected chi connectivity index (χ2v) is 8.30. The summed E-state index contributed by atoms with van der Waals surface area (Å²) in [6, 6.07) is 21.9. The number of nitrogen functional groups attached to an aromatic ring is 1. The molecule has 2 heterocycles. The third-order valence-corrected chi connectivity index (χ3v) is 6.11. The molecule has 32 heavy (non-hydrogen) atoms. The average Bonchev–Trinajstić information content (AvgIpc) is 3.25. The molecule has 0 bridgehead atoms. The van der Waals surface area contributed by atoms with Gasteiger partial charge in [0.05, 0.1) is 11.0 Å². The Morgan fingerprint density at radius 1 is 1.06 bits per heavy atom. The van der Waals surface area contributed by atoms with Crippen molar-refractivity contribution < 1.29 is 9.59 Å². The second-order valence-electron chi connectivity index (χ2n) is 8.30. The first-order valence-corrected chi connectivity index (χ1v) is 10.9. The van der Waals surface area contributed by atoms with E-state index in [0.29, 0.717) is 38.0 Å². The number of aromatic nitrogens is 1. The van der Waals surface area contributed by atoms with Crippen molar-refractivity contribution in [2.75, 3.05) is 25.4 Å². The Morgan fingerprint density at radius 3 is 2.59 bits per heavy atom. The highest BCUT2D eigenvalue weighted by atomic mass is 16.2. The molecule has 1 fully saturated rings. The number of benzene rings is 2. The molecule has 4 rings (SSSR count). The van der Waals surface area contributed by atoms with E-state index in [1.54, 1.807) is 23.2 Å².